The summed E-state index contributed by atoms with van der Waals surface area (Å²) in [4.78, 5) is 26.9. The van der Waals surface area contributed by atoms with Crippen LogP contribution in [0.4, 0.5) is 0 Å². The molecular formula is C61H99NO17. The van der Waals surface area contributed by atoms with Gasteiger partial charge in [-0.05, 0) is 89.5 Å². The second kappa shape index (κ2) is 26.3. The van der Waals surface area contributed by atoms with E-state index >= 15 is 0 Å². The fourth-order valence-electron chi connectivity index (χ4n) is 13.0. The van der Waals surface area contributed by atoms with E-state index in [1.54, 1.807) is 0 Å². The van der Waals surface area contributed by atoms with Gasteiger partial charge in [0.1, 0.15) is 36.6 Å². The molecule has 450 valence electrons. The molecule has 0 radical (unpaired) electrons. The van der Waals surface area contributed by atoms with E-state index in [9.17, 15) is 9.59 Å². The van der Waals surface area contributed by atoms with Crippen molar-refractivity contribution in [1.82, 2.24) is 5.32 Å². The lowest BCUT2D eigenvalue weighted by Gasteiger charge is -2.55. The van der Waals surface area contributed by atoms with E-state index in [0.29, 0.717) is 25.0 Å². The Morgan fingerprint density at radius 1 is 0.506 bits per heavy atom. The zero-order valence-corrected chi connectivity index (χ0v) is 50.8. The monoisotopic (exact) mass is 1120 g/mol. The molecular weight excluding hydrogens is 1020 g/mol. The van der Waals surface area contributed by atoms with Gasteiger partial charge in [-0.1, -0.05) is 99.6 Å². The number of ether oxygens (including phenoxy) is 15. The van der Waals surface area contributed by atoms with Gasteiger partial charge in [-0.3, -0.25) is 9.59 Å². The Morgan fingerprint density at radius 2 is 1.01 bits per heavy atom. The Balaban J connectivity index is 1.15. The van der Waals surface area contributed by atoms with Crippen LogP contribution in [0.25, 0.3) is 0 Å². The molecule has 1 aromatic carbocycles. The summed E-state index contributed by atoms with van der Waals surface area (Å²) in [6, 6.07) is 9.04. The third-order valence-electron chi connectivity index (χ3n) is 19.7. The highest BCUT2D eigenvalue weighted by Gasteiger charge is 2.59. The second-order valence-electron chi connectivity index (χ2n) is 25.4. The van der Waals surface area contributed by atoms with Crippen molar-refractivity contribution in [2.75, 3.05) is 13.2 Å². The molecule has 18 heteroatoms. The van der Waals surface area contributed by atoms with Crippen molar-refractivity contribution in [2.45, 2.75) is 267 Å². The summed E-state index contributed by atoms with van der Waals surface area (Å²) in [5.41, 5.74) is 1.08. The Labute approximate surface area is 471 Å². The van der Waals surface area contributed by atoms with Gasteiger partial charge in [0.05, 0.1) is 68.7 Å². The highest BCUT2D eigenvalue weighted by atomic mass is 16.8. The van der Waals surface area contributed by atoms with Gasteiger partial charge in [0.15, 0.2) is 43.3 Å². The molecule has 1 N–H and O–H groups in total. The Kier molecular flexibility index (Phi) is 20.8. The SMILES string of the molecule is CC(=O)N[C@H]1C(O[C@@H]2OC(C)[C@H](C)[C@H](O[C@@H]3OC(C)[C@H](C)[C@H](C)C3C)C2OC(C)=O)[C@@H]2OC(C)(C)OCC2O[C@H]1OC1[C@H](OC2[C@H](C)OC(C)[C@H](C)[C@@H]2C)OC(C)[C@H](C)[C@@H]1O[C@H]1O[C@@H](COCc2ccccc2)[C@@H](C)C(C)C1C. The second-order valence-corrected chi connectivity index (χ2v) is 25.4. The molecule has 30 atom stereocenters. The van der Waals surface area contributed by atoms with Gasteiger partial charge in [-0.2, -0.15) is 0 Å². The summed E-state index contributed by atoms with van der Waals surface area (Å²) < 4.78 is 102. The molecule has 1 amide bonds. The first kappa shape index (κ1) is 62.6. The summed E-state index contributed by atoms with van der Waals surface area (Å²) in [5.74, 6) is -1.31. The lowest BCUT2D eigenvalue weighted by molar-refractivity contribution is -0.413. The van der Waals surface area contributed by atoms with Crippen molar-refractivity contribution < 1.29 is 80.6 Å². The molecule has 7 aliphatic rings. The third kappa shape index (κ3) is 14.1. The number of hydrogen-bond donors (Lipinski definition) is 1. The standard InChI is InChI=1S/C61H99NO17/c1-28-30(3)39(12)68-56(34(28)7)75-50-36(9)40(13)69-59(54(50)71-44(17)64)77-53-48(62-43(16)63)58(73-47-27-66-61(18,19)79-52(47)53)78-55-51(37(10)41(14)70-60(55)74-49-33(6)31(4)38(11)67-42(49)15)76-57-35(8)29(2)32(5)46(72-57)26-65-25-45-23-21-20-22-24-45/h20-24,28-42,46-60H,25-27H2,1-19H3,(H,62,63)/t28-,29?,30+,31+,32-,33-,34?,35?,36-,37-,38?,39?,40?,41?,42-,46-,47?,48-,49?,50-,51-,52+,53?,54?,55?,56-,57+,58-,59-,60-/m0/s1. The van der Waals surface area contributed by atoms with Crippen LogP contribution < -0.4 is 5.32 Å². The van der Waals surface area contributed by atoms with E-state index in [0.717, 1.165) is 5.56 Å². The molecule has 7 saturated heterocycles. The largest absolute Gasteiger partial charge is 0.454 e. The summed E-state index contributed by atoms with van der Waals surface area (Å²) in [5, 5.41) is 3.16. The highest BCUT2D eigenvalue weighted by Crippen LogP contribution is 2.45. The number of rotatable bonds is 16. The molecule has 0 bridgehead atoms. The van der Waals surface area contributed by atoms with E-state index in [4.69, 9.17) is 71.1 Å². The van der Waals surface area contributed by atoms with Gasteiger partial charge in [0.25, 0.3) is 0 Å². The number of fused-ring (bicyclic) bond motifs is 1. The summed E-state index contributed by atoms with van der Waals surface area (Å²) >= 11 is 0. The number of nitrogens with one attached hydrogen (secondary N) is 1. The van der Waals surface area contributed by atoms with Crippen molar-refractivity contribution in [1.29, 1.82) is 0 Å². The molecule has 8 rings (SSSR count). The Bertz CT molecular complexity index is 2120. The van der Waals surface area contributed by atoms with Crippen LogP contribution in [0.15, 0.2) is 30.3 Å². The average Bonchev–Trinajstić information content (AvgIpc) is 3.45. The fraction of sp³-hybridized carbons (Fsp3) is 0.869. The van der Waals surface area contributed by atoms with Crippen LogP contribution in [0.2, 0.25) is 0 Å². The molecule has 7 fully saturated rings. The van der Waals surface area contributed by atoms with Gasteiger partial charge in [-0.25, -0.2) is 0 Å². The van der Waals surface area contributed by atoms with E-state index in [-0.39, 0.29) is 96.5 Å². The van der Waals surface area contributed by atoms with Crippen LogP contribution in [0.5, 0.6) is 0 Å². The topological polar surface area (TPSA) is 185 Å². The quantitative estimate of drug-likeness (QED) is 0.155. The first-order valence-corrected chi connectivity index (χ1v) is 29.8. The number of esters is 1. The Hall–Kier alpha value is -2.40. The number of carbonyl (C=O) groups excluding carboxylic acids is 2. The summed E-state index contributed by atoms with van der Waals surface area (Å²) in [7, 11) is 0. The van der Waals surface area contributed by atoms with Crippen LogP contribution >= 0.6 is 0 Å². The number of hydrogen-bond acceptors (Lipinski definition) is 17. The molecule has 18 nitrogen and oxygen atoms in total. The van der Waals surface area contributed by atoms with Crippen LogP contribution in [-0.2, 0) is 87.2 Å². The van der Waals surface area contributed by atoms with Crippen LogP contribution in [0.3, 0.4) is 0 Å². The van der Waals surface area contributed by atoms with E-state index < -0.39 is 98.1 Å². The molecule has 0 saturated carbocycles. The molecule has 7 heterocycles. The Morgan fingerprint density at radius 3 is 1.63 bits per heavy atom. The van der Waals surface area contributed by atoms with Gasteiger partial charge in [0.2, 0.25) is 5.91 Å². The smallest absolute Gasteiger partial charge is 0.303 e. The lowest BCUT2D eigenvalue weighted by Crippen LogP contribution is -2.72. The van der Waals surface area contributed by atoms with Gasteiger partial charge >= 0.3 is 5.97 Å². The minimum atomic E-state index is -1.25. The van der Waals surface area contributed by atoms with Crippen LogP contribution in [0, 0.1) is 59.2 Å². The van der Waals surface area contributed by atoms with E-state index in [2.05, 4.69) is 93.6 Å². The summed E-state index contributed by atoms with van der Waals surface area (Å²) in [6.07, 6.45) is -12.7. The molecule has 1 aromatic rings. The molecule has 0 spiro atoms. The van der Waals surface area contributed by atoms with Crippen molar-refractivity contribution in [3.8, 4) is 0 Å². The fourth-order valence-corrected chi connectivity index (χ4v) is 13.0. The lowest BCUT2D eigenvalue weighted by atomic mass is 9.79. The van der Waals surface area contributed by atoms with Crippen molar-refractivity contribution in [2.24, 2.45) is 59.2 Å². The maximum atomic E-state index is 13.7. The van der Waals surface area contributed by atoms with Gasteiger partial charge < -0.3 is 76.4 Å². The van der Waals surface area contributed by atoms with E-state index in [1.165, 1.54) is 13.8 Å². The van der Waals surface area contributed by atoms with E-state index in [1.807, 2.05) is 59.7 Å². The predicted octanol–water partition coefficient (Wildman–Crippen LogP) is 8.57. The summed E-state index contributed by atoms with van der Waals surface area (Å²) in [6.45, 7) is 39.1. The van der Waals surface area contributed by atoms with Crippen LogP contribution in [0.1, 0.15) is 137 Å². The molecule has 79 heavy (non-hydrogen) atoms. The minimum Gasteiger partial charge on any atom is -0.454 e. The number of benzene rings is 1. The minimum absolute atomic E-state index is 0.0176. The number of amides is 1. The first-order chi connectivity index (χ1) is 37.2. The van der Waals surface area contributed by atoms with Crippen molar-refractivity contribution in [3.63, 3.8) is 0 Å². The van der Waals surface area contributed by atoms with Crippen LogP contribution in [-0.4, -0.2) is 154 Å². The maximum Gasteiger partial charge on any atom is 0.303 e. The normalized spacial score (nSPS) is 48.3. The molecule has 0 aliphatic carbocycles. The van der Waals surface area contributed by atoms with Gasteiger partial charge in [-0.15, -0.1) is 0 Å². The average molecular weight is 1120 g/mol. The van der Waals surface area contributed by atoms with Crippen molar-refractivity contribution >= 4 is 11.9 Å². The predicted molar refractivity (Wildman–Crippen MR) is 291 cm³/mol. The maximum absolute atomic E-state index is 13.7. The third-order valence-corrected chi connectivity index (χ3v) is 19.7. The zero-order chi connectivity index (χ0) is 57.5. The first-order valence-electron chi connectivity index (χ1n) is 29.8. The van der Waals surface area contributed by atoms with Gasteiger partial charge in [0, 0.05) is 37.5 Å². The number of carbonyl (C=O) groups is 2. The molecule has 7 aliphatic heterocycles. The molecule has 12 unspecified atom stereocenters. The zero-order valence-electron chi connectivity index (χ0n) is 50.8. The molecule has 0 aromatic heterocycles. The highest BCUT2D eigenvalue weighted by molar-refractivity contribution is 5.73. The van der Waals surface area contributed by atoms with Crippen molar-refractivity contribution in [3.05, 3.63) is 35.9 Å².